The van der Waals surface area contributed by atoms with E-state index in [2.05, 4.69) is 0 Å². The van der Waals surface area contributed by atoms with Crippen LogP contribution < -0.4 is 6.15 Å². The largest absolute Gasteiger partial charge is 0.412 e. The zero-order chi connectivity index (χ0) is 4.50. The Hall–Kier alpha value is 1.06. The summed E-state index contributed by atoms with van der Waals surface area (Å²) in [5, 5.41) is 0. The van der Waals surface area contributed by atoms with Crippen LogP contribution in [0.2, 0.25) is 0 Å². The Morgan fingerprint density at radius 2 is 1.12 bits per heavy atom. The van der Waals surface area contributed by atoms with Crippen LogP contribution >= 0.6 is 0 Å². The zero-order valence-corrected chi connectivity index (χ0v) is 6.49. The summed E-state index contributed by atoms with van der Waals surface area (Å²) in [6.45, 7) is 0. The van der Waals surface area contributed by atoms with Crippen molar-refractivity contribution >= 4 is 10.4 Å². The van der Waals surface area contributed by atoms with Gasteiger partial charge >= 0.3 is 10.4 Å². The molecule has 8 heavy (non-hydrogen) atoms. The van der Waals surface area contributed by atoms with Crippen LogP contribution in [0.25, 0.3) is 0 Å². The van der Waals surface area contributed by atoms with E-state index >= 15 is 0 Å². The molecular formula is H7DyNO5S. The minimum absolute atomic E-state index is 0. The first kappa shape index (κ1) is 23.0. The first-order valence-corrected chi connectivity index (χ1v) is 2.10. The summed E-state index contributed by atoms with van der Waals surface area (Å²) >= 11 is 0. The van der Waals surface area contributed by atoms with E-state index in [-0.39, 0.29) is 49.8 Å². The molecule has 8 heteroatoms. The fourth-order valence-corrected chi connectivity index (χ4v) is 0. The zero-order valence-electron chi connectivity index (χ0n) is 3.64. The molecule has 6 nitrogen and oxygen atoms in total. The average molecular weight is 296 g/mol. The molecule has 0 spiro atoms. The Morgan fingerprint density at radius 1 is 1.12 bits per heavy atom. The molecule has 7 N–H and O–H groups in total. The smallest absolute Gasteiger partial charge is 0.394 e. The molecule has 0 bridgehead atoms. The van der Waals surface area contributed by atoms with Gasteiger partial charge in [-0.2, -0.15) is 8.42 Å². The molecule has 58 valence electrons. The fourth-order valence-electron chi connectivity index (χ4n) is 0. The fraction of sp³-hybridized carbons (Fsp3) is 0. The standard InChI is InChI=1S/Dy.H3N.H2O4S.H2O/c;;1-5(2,3)4;/h;1H3;(H2,1,2,3,4);1H2. The van der Waals surface area contributed by atoms with Crippen LogP contribution in [0, 0.1) is 38.2 Å². The Bertz CT molecular complexity index is 95.6. The number of hydrogen-bond donors (Lipinski definition) is 3. The van der Waals surface area contributed by atoms with E-state index in [0.29, 0.717) is 0 Å². The third-order valence-corrected chi connectivity index (χ3v) is 0. The van der Waals surface area contributed by atoms with Gasteiger partial charge in [0.15, 0.2) is 0 Å². The molecule has 0 fully saturated rings. The van der Waals surface area contributed by atoms with Crippen molar-refractivity contribution in [3.8, 4) is 0 Å². The first-order chi connectivity index (χ1) is 2.00. The van der Waals surface area contributed by atoms with E-state index in [4.69, 9.17) is 17.5 Å². The van der Waals surface area contributed by atoms with Crippen LogP contribution in [0.5, 0.6) is 0 Å². The van der Waals surface area contributed by atoms with Crippen molar-refractivity contribution in [2.24, 2.45) is 0 Å². The van der Waals surface area contributed by atoms with Crippen molar-refractivity contribution in [1.82, 2.24) is 6.15 Å². The van der Waals surface area contributed by atoms with Gasteiger partial charge in [-0.15, -0.1) is 0 Å². The van der Waals surface area contributed by atoms with Crippen LogP contribution in [0.1, 0.15) is 0 Å². The van der Waals surface area contributed by atoms with Gasteiger partial charge in [0.2, 0.25) is 0 Å². The van der Waals surface area contributed by atoms with Crippen molar-refractivity contribution in [2.75, 3.05) is 0 Å². The van der Waals surface area contributed by atoms with Crippen molar-refractivity contribution in [3.63, 3.8) is 0 Å². The predicted octanol–water partition coefficient (Wildman–Crippen LogP) is -1.32. The van der Waals surface area contributed by atoms with Crippen LogP contribution in [-0.2, 0) is 10.4 Å². The van der Waals surface area contributed by atoms with E-state index in [1.165, 1.54) is 0 Å². The van der Waals surface area contributed by atoms with Crippen LogP contribution in [0.3, 0.4) is 0 Å². The second-order valence-corrected chi connectivity index (χ2v) is 1.34. The molecular weight excluding hydrogens is 289 g/mol. The topological polar surface area (TPSA) is 141 Å². The van der Waals surface area contributed by atoms with Gasteiger partial charge in [0, 0.05) is 38.2 Å². The van der Waals surface area contributed by atoms with Gasteiger partial charge in [0.05, 0.1) is 0 Å². The maximum absolute atomic E-state index is 8.74. The SMILES string of the molecule is N.O.O=S(=O)(O)O.[Dy]. The molecule has 0 aromatic heterocycles. The molecule has 0 aliphatic heterocycles. The summed E-state index contributed by atoms with van der Waals surface area (Å²) in [4.78, 5) is 0. The van der Waals surface area contributed by atoms with Crippen molar-refractivity contribution in [2.45, 2.75) is 0 Å². The Morgan fingerprint density at radius 3 is 1.12 bits per heavy atom. The number of hydrogen-bond acceptors (Lipinski definition) is 3. The van der Waals surface area contributed by atoms with E-state index < -0.39 is 10.4 Å². The average Bonchev–Trinajstić information content (AvgIpc) is 0.722. The Kier molecular flexibility index (Phi) is 23.2. The van der Waals surface area contributed by atoms with Gasteiger partial charge in [0.1, 0.15) is 0 Å². The van der Waals surface area contributed by atoms with Crippen LogP contribution in [0.15, 0.2) is 0 Å². The molecule has 0 amide bonds. The molecule has 0 aliphatic rings. The quantitative estimate of drug-likeness (QED) is 0.475. The van der Waals surface area contributed by atoms with Gasteiger partial charge in [-0.3, -0.25) is 9.11 Å². The van der Waals surface area contributed by atoms with Gasteiger partial charge in [0.25, 0.3) is 0 Å². The van der Waals surface area contributed by atoms with E-state index in [9.17, 15) is 0 Å². The molecule has 0 unspecified atom stereocenters. The molecule has 0 heterocycles. The second kappa shape index (κ2) is 8.06. The summed E-state index contributed by atoms with van der Waals surface area (Å²) < 4.78 is 31.6. The molecule has 0 saturated heterocycles. The van der Waals surface area contributed by atoms with Crippen molar-refractivity contribution in [3.05, 3.63) is 0 Å². The maximum atomic E-state index is 8.74. The predicted molar refractivity (Wildman–Crippen MR) is 22.8 cm³/mol. The third-order valence-electron chi connectivity index (χ3n) is 0. The summed E-state index contributed by atoms with van der Waals surface area (Å²) in [7, 11) is -4.67. The van der Waals surface area contributed by atoms with E-state index in [1.807, 2.05) is 0 Å². The third kappa shape index (κ3) is 230. The second-order valence-electron chi connectivity index (χ2n) is 0.448. The van der Waals surface area contributed by atoms with Crippen molar-refractivity contribution in [1.29, 1.82) is 0 Å². The molecule has 0 aliphatic carbocycles. The van der Waals surface area contributed by atoms with Gasteiger partial charge in [-0.05, 0) is 0 Å². The Labute approximate surface area is 77.1 Å². The normalized spacial score (nSPS) is 7.25. The maximum Gasteiger partial charge on any atom is 0.394 e. The van der Waals surface area contributed by atoms with Gasteiger partial charge < -0.3 is 11.6 Å². The molecule has 0 rings (SSSR count). The number of rotatable bonds is 0. The van der Waals surface area contributed by atoms with Crippen LogP contribution in [0.4, 0.5) is 0 Å². The summed E-state index contributed by atoms with van der Waals surface area (Å²) in [5.41, 5.74) is 0. The van der Waals surface area contributed by atoms with Gasteiger partial charge in [-0.1, -0.05) is 0 Å². The minimum atomic E-state index is -4.67. The molecule has 0 atom stereocenters. The Balaban J connectivity index is -0.0000000267. The summed E-state index contributed by atoms with van der Waals surface area (Å²) in [6.07, 6.45) is 0. The summed E-state index contributed by atoms with van der Waals surface area (Å²) in [5.74, 6) is 0. The van der Waals surface area contributed by atoms with Gasteiger partial charge in [-0.25, -0.2) is 0 Å². The molecule has 0 saturated carbocycles. The minimum Gasteiger partial charge on any atom is -0.412 e. The molecule has 0 radical (unpaired) electrons. The monoisotopic (exact) mass is 297 g/mol. The summed E-state index contributed by atoms with van der Waals surface area (Å²) in [6, 6.07) is 0. The van der Waals surface area contributed by atoms with Crippen LogP contribution in [-0.4, -0.2) is 23.0 Å². The van der Waals surface area contributed by atoms with E-state index in [0.717, 1.165) is 0 Å². The van der Waals surface area contributed by atoms with E-state index in [1.54, 1.807) is 0 Å². The first-order valence-electron chi connectivity index (χ1n) is 0.698. The van der Waals surface area contributed by atoms with Crippen molar-refractivity contribution < 1.29 is 61.2 Å². The molecule has 0 aromatic carbocycles. The molecule has 0 aromatic rings.